The van der Waals surface area contributed by atoms with Gasteiger partial charge in [0.2, 0.25) is 5.88 Å². The van der Waals surface area contributed by atoms with Crippen LogP contribution in [0.3, 0.4) is 0 Å². The van der Waals surface area contributed by atoms with Crippen molar-refractivity contribution in [3.63, 3.8) is 0 Å². The van der Waals surface area contributed by atoms with Crippen molar-refractivity contribution in [2.45, 2.75) is 19.3 Å². The Morgan fingerprint density at radius 1 is 1.43 bits per heavy atom. The Hall–Kier alpha value is -1.23. The maximum absolute atomic E-state index is 9.43. The van der Waals surface area contributed by atoms with E-state index in [9.17, 15) is 5.11 Å². The molecule has 0 spiro atoms. The largest absolute Gasteiger partial charge is 0.492 e. The van der Waals surface area contributed by atoms with E-state index in [-0.39, 0.29) is 5.88 Å². The van der Waals surface area contributed by atoms with Crippen molar-refractivity contribution < 1.29 is 5.11 Å². The van der Waals surface area contributed by atoms with E-state index in [0.717, 1.165) is 22.2 Å². The van der Waals surface area contributed by atoms with Crippen LogP contribution in [0, 0.1) is 5.92 Å². The molecule has 2 aromatic heterocycles. The SMILES string of the molecule is Oc1ncnc2sc(CC3CC3)nc12. The third-order valence-electron chi connectivity index (χ3n) is 2.38. The van der Waals surface area contributed by atoms with E-state index in [1.165, 1.54) is 19.2 Å². The third-order valence-corrected chi connectivity index (χ3v) is 3.37. The lowest BCUT2D eigenvalue weighted by Gasteiger charge is -1.88. The molecule has 0 unspecified atom stereocenters. The standard InChI is InChI=1S/C9H9N3OS/c13-8-7-9(11-4-10-8)14-6(12-7)3-5-1-2-5/h4-5H,1-3H2,(H,10,11,13). The molecule has 72 valence electrons. The molecule has 0 saturated heterocycles. The Morgan fingerprint density at radius 3 is 3.00 bits per heavy atom. The van der Waals surface area contributed by atoms with E-state index in [1.54, 1.807) is 11.3 Å². The molecule has 0 atom stereocenters. The number of rotatable bonds is 2. The Labute approximate surface area is 84.7 Å². The summed E-state index contributed by atoms with van der Waals surface area (Å²) in [6.07, 6.45) is 5.03. The fourth-order valence-corrected chi connectivity index (χ4v) is 2.45. The number of thiazole rings is 1. The Bertz CT molecular complexity index is 478. The summed E-state index contributed by atoms with van der Waals surface area (Å²) >= 11 is 1.56. The second-order valence-corrected chi connectivity index (χ2v) is 4.67. The summed E-state index contributed by atoms with van der Waals surface area (Å²) < 4.78 is 0. The average Bonchev–Trinajstić information content (AvgIpc) is 2.84. The van der Waals surface area contributed by atoms with Crippen LogP contribution in [0.15, 0.2) is 6.33 Å². The molecule has 0 amide bonds. The lowest BCUT2D eigenvalue weighted by molar-refractivity contribution is 0.458. The fourth-order valence-electron chi connectivity index (χ4n) is 1.44. The zero-order valence-electron chi connectivity index (χ0n) is 7.47. The van der Waals surface area contributed by atoms with E-state index in [0.29, 0.717) is 5.52 Å². The van der Waals surface area contributed by atoms with E-state index in [2.05, 4.69) is 15.0 Å². The van der Waals surface area contributed by atoms with Crippen LogP contribution < -0.4 is 0 Å². The summed E-state index contributed by atoms with van der Waals surface area (Å²) in [7, 11) is 0. The van der Waals surface area contributed by atoms with Crippen molar-refractivity contribution in [1.29, 1.82) is 0 Å². The molecule has 1 N–H and O–H groups in total. The Kier molecular flexibility index (Phi) is 1.67. The molecule has 1 saturated carbocycles. The number of aromatic hydroxyl groups is 1. The topological polar surface area (TPSA) is 58.9 Å². The zero-order chi connectivity index (χ0) is 9.54. The van der Waals surface area contributed by atoms with E-state index in [4.69, 9.17) is 0 Å². The molecule has 1 aliphatic rings. The van der Waals surface area contributed by atoms with Gasteiger partial charge < -0.3 is 5.11 Å². The van der Waals surface area contributed by atoms with Crippen LogP contribution in [0.4, 0.5) is 0 Å². The van der Waals surface area contributed by atoms with Crippen LogP contribution in [-0.2, 0) is 6.42 Å². The highest BCUT2D eigenvalue weighted by molar-refractivity contribution is 7.18. The van der Waals surface area contributed by atoms with Crippen molar-refractivity contribution >= 4 is 21.7 Å². The molecule has 4 nitrogen and oxygen atoms in total. The highest BCUT2D eigenvalue weighted by Gasteiger charge is 2.23. The van der Waals surface area contributed by atoms with Crippen molar-refractivity contribution in [3.05, 3.63) is 11.3 Å². The lowest BCUT2D eigenvalue weighted by Crippen LogP contribution is -1.84. The molecule has 0 radical (unpaired) electrons. The summed E-state index contributed by atoms with van der Waals surface area (Å²) in [5, 5.41) is 10.5. The summed E-state index contributed by atoms with van der Waals surface area (Å²) in [4.78, 5) is 12.9. The highest BCUT2D eigenvalue weighted by Crippen LogP contribution is 2.35. The first-order valence-corrected chi connectivity index (χ1v) is 5.44. The van der Waals surface area contributed by atoms with Gasteiger partial charge in [0.15, 0.2) is 10.3 Å². The first kappa shape index (κ1) is 8.11. The van der Waals surface area contributed by atoms with Crippen molar-refractivity contribution in [2.75, 3.05) is 0 Å². The van der Waals surface area contributed by atoms with E-state index >= 15 is 0 Å². The highest BCUT2D eigenvalue weighted by atomic mass is 32.1. The minimum Gasteiger partial charge on any atom is -0.492 e. The number of hydrogen-bond acceptors (Lipinski definition) is 5. The predicted molar refractivity (Wildman–Crippen MR) is 53.3 cm³/mol. The smallest absolute Gasteiger partial charge is 0.242 e. The van der Waals surface area contributed by atoms with Gasteiger partial charge in [-0.05, 0) is 18.8 Å². The first-order valence-electron chi connectivity index (χ1n) is 4.62. The molecule has 1 aliphatic carbocycles. The van der Waals surface area contributed by atoms with Gasteiger partial charge in [-0.2, -0.15) is 4.98 Å². The maximum atomic E-state index is 9.43. The monoisotopic (exact) mass is 207 g/mol. The van der Waals surface area contributed by atoms with Gasteiger partial charge >= 0.3 is 0 Å². The van der Waals surface area contributed by atoms with Crippen molar-refractivity contribution in [1.82, 2.24) is 15.0 Å². The molecule has 3 rings (SSSR count). The second-order valence-electron chi connectivity index (χ2n) is 3.61. The molecule has 2 aromatic rings. The van der Waals surface area contributed by atoms with Gasteiger partial charge in [0, 0.05) is 6.42 Å². The molecular weight excluding hydrogens is 198 g/mol. The fraction of sp³-hybridized carbons (Fsp3) is 0.444. The maximum Gasteiger partial charge on any atom is 0.242 e. The van der Waals surface area contributed by atoms with Crippen molar-refractivity contribution in [2.24, 2.45) is 5.92 Å². The van der Waals surface area contributed by atoms with Crippen LogP contribution in [0.2, 0.25) is 0 Å². The van der Waals surface area contributed by atoms with Crippen LogP contribution in [0.5, 0.6) is 5.88 Å². The van der Waals surface area contributed by atoms with Crippen LogP contribution in [0.1, 0.15) is 17.8 Å². The summed E-state index contributed by atoms with van der Waals surface area (Å²) in [6.45, 7) is 0. The lowest BCUT2D eigenvalue weighted by atomic mass is 10.3. The normalized spacial score (nSPS) is 16.3. The average molecular weight is 207 g/mol. The van der Waals surface area contributed by atoms with Gasteiger partial charge in [0.1, 0.15) is 6.33 Å². The number of aromatic nitrogens is 3. The van der Waals surface area contributed by atoms with E-state index in [1.807, 2.05) is 0 Å². The molecule has 0 bridgehead atoms. The van der Waals surface area contributed by atoms with E-state index < -0.39 is 0 Å². The minimum absolute atomic E-state index is 0.00621. The Balaban J connectivity index is 2.05. The molecule has 5 heteroatoms. The van der Waals surface area contributed by atoms with Gasteiger partial charge in [-0.3, -0.25) is 0 Å². The van der Waals surface area contributed by atoms with Crippen LogP contribution >= 0.6 is 11.3 Å². The second kappa shape index (κ2) is 2.88. The summed E-state index contributed by atoms with van der Waals surface area (Å²) in [5.74, 6) is 0.805. The van der Waals surface area contributed by atoms with Gasteiger partial charge in [-0.15, -0.1) is 0 Å². The summed E-state index contributed by atoms with van der Waals surface area (Å²) in [6, 6.07) is 0. The van der Waals surface area contributed by atoms with Gasteiger partial charge in [0.25, 0.3) is 0 Å². The van der Waals surface area contributed by atoms with Gasteiger partial charge in [-0.25, -0.2) is 9.97 Å². The quantitative estimate of drug-likeness (QED) is 0.815. The van der Waals surface area contributed by atoms with Gasteiger partial charge in [-0.1, -0.05) is 11.3 Å². The first-order chi connectivity index (χ1) is 6.83. The van der Waals surface area contributed by atoms with Gasteiger partial charge in [0.05, 0.1) is 5.01 Å². The number of fused-ring (bicyclic) bond motifs is 1. The predicted octanol–water partition coefficient (Wildman–Crippen LogP) is 1.74. The Morgan fingerprint density at radius 2 is 2.29 bits per heavy atom. The minimum atomic E-state index is -0.00621. The zero-order valence-corrected chi connectivity index (χ0v) is 8.29. The number of hydrogen-bond donors (Lipinski definition) is 1. The van der Waals surface area contributed by atoms with Crippen LogP contribution in [0.25, 0.3) is 10.3 Å². The molecule has 0 aliphatic heterocycles. The molecule has 14 heavy (non-hydrogen) atoms. The van der Waals surface area contributed by atoms with Crippen molar-refractivity contribution in [3.8, 4) is 5.88 Å². The summed E-state index contributed by atoms with van der Waals surface area (Å²) in [5.41, 5.74) is 0.549. The molecular formula is C9H9N3OS. The number of nitrogens with zero attached hydrogens (tertiary/aromatic N) is 3. The molecule has 2 heterocycles. The van der Waals surface area contributed by atoms with Crippen LogP contribution in [-0.4, -0.2) is 20.1 Å². The third kappa shape index (κ3) is 1.33. The molecule has 0 aromatic carbocycles. The molecule has 1 fully saturated rings.